The SMILES string of the molecule is CCCCCCC/C=C\C/C=C\C/C=C\CCCCCCCCC(=O)OC(COC(=O)CCCCCCCCCCCCCCCCCCCCCCCCCCCCCCCCCCCCCCCCCCC)COC(OCC[N+](C)(C)C)C(=O)[O-]. The third kappa shape index (κ3) is 70.8. The van der Waals surface area contributed by atoms with Crippen molar-refractivity contribution in [2.24, 2.45) is 0 Å². The average molecular weight is 1230 g/mol. The van der Waals surface area contributed by atoms with Gasteiger partial charge in [-0.3, -0.25) is 9.59 Å². The van der Waals surface area contributed by atoms with E-state index >= 15 is 0 Å². The summed E-state index contributed by atoms with van der Waals surface area (Å²) < 4.78 is 22.8. The Balaban J connectivity index is 3.92. The second-order valence-electron chi connectivity index (χ2n) is 27.3. The summed E-state index contributed by atoms with van der Waals surface area (Å²) in [5, 5.41) is 11.8. The number of carbonyl (C=O) groups excluding carboxylic acids is 3. The first-order valence-corrected chi connectivity index (χ1v) is 38.1. The molecule has 2 unspecified atom stereocenters. The van der Waals surface area contributed by atoms with Crippen molar-refractivity contribution in [1.82, 2.24) is 0 Å². The zero-order chi connectivity index (χ0) is 63.3. The summed E-state index contributed by atoms with van der Waals surface area (Å²) >= 11 is 0. The number of nitrogens with zero attached hydrogens (tertiary/aromatic N) is 1. The van der Waals surface area contributed by atoms with Crippen molar-refractivity contribution >= 4 is 17.9 Å². The summed E-state index contributed by atoms with van der Waals surface area (Å²) in [4.78, 5) is 37.5. The largest absolute Gasteiger partial charge is 0.545 e. The molecule has 0 bridgehead atoms. The standard InChI is InChI=1S/C78H147NO8/c1-6-8-10-12-14-16-18-20-22-24-26-28-29-30-31-32-33-34-35-36-37-38-39-40-41-42-43-44-45-46-47-49-50-52-54-56-58-60-62-64-66-68-75(80)85-72-74(73-86-78(77(82)83)84-71-70-79(3,4)5)87-76(81)69-67-65-63-61-59-57-55-53-51-48-27-25-23-21-19-17-15-13-11-9-7-2/h19,21,25,27,51,53,74,78H,6-18,20,22-24,26,28-50,52,54-73H2,1-5H3/b21-19-,27-25-,53-51-. The van der Waals surface area contributed by atoms with Crippen LogP contribution in [-0.4, -0.2) is 82.3 Å². The number of hydrogen-bond acceptors (Lipinski definition) is 8. The number of ether oxygens (including phenoxy) is 4. The Bertz CT molecular complexity index is 1520. The van der Waals surface area contributed by atoms with Gasteiger partial charge in [0.2, 0.25) is 0 Å². The van der Waals surface area contributed by atoms with E-state index in [9.17, 15) is 19.5 Å². The van der Waals surface area contributed by atoms with Gasteiger partial charge in [-0.2, -0.15) is 0 Å². The molecular formula is C78H147NO8. The number of quaternary nitrogens is 1. The summed E-state index contributed by atoms with van der Waals surface area (Å²) in [6.45, 7) is 4.78. The lowest BCUT2D eigenvalue weighted by molar-refractivity contribution is -0.870. The Labute approximate surface area is 540 Å². The lowest BCUT2D eigenvalue weighted by atomic mass is 10.0. The number of hydrogen-bond donors (Lipinski definition) is 0. The third-order valence-corrected chi connectivity index (χ3v) is 17.4. The summed E-state index contributed by atoms with van der Waals surface area (Å²) in [5.74, 6) is -2.28. The Kier molecular flexibility index (Phi) is 67.4. The fourth-order valence-electron chi connectivity index (χ4n) is 11.6. The molecule has 0 amide bonds. The summed E-state index contributed by atoms with van der Waals surface area (Å²) in [7, 11) is 5.94. The molecule has 0 saturated heterocycles. The Morgan fingerprint density at radius 3 is 0.920 bits per heavy atom. The minimum atomic E-state index is -1.62. The molecule has 0 rings (SSSR count). The predicted octanol–water partition coefficient (Wildman–Crippen LogP) is 22.6. The van der Waals surface area contributed by atoms with Gasteiger partial charge < -0.3 is 33.3 Å². The van der Waals surface area contributed by atoms with Gasteiger partial charge in [0.25, 0.3) is 0 Å². The van der Waals surface area contributed by atoms with Crippen molar-refractivity contribution < 1.29 is 42.9 Å². The highest BCUT2D eigenvalue weighted by Crippen LogP contribution is 2.20. The van der Waals surface area contributed by atoms with Crippen molar-refractivity contribution in [1.29, 1.82) is 0 Å². The number of carboxylic acids is 1. The maximum atomic E-state index is 12.9. The highest BCUT2D eigenvalue weighted by molar-refractivity contribution is 5.70. The first-order valence-electron chi connectivity index (χ1n) is 38.1. The molecule has 0 spiro atoms. The highest BCUT2D eigenvalue weighted by atomic mass is 16.7. The number of unbranched alkanes of at least 4 members (excludes halogenated alkanes) is 51. The fraction of sp³-hybridized carbons (Fsp3) is 0.885. The molecule has 0 aromatic heterocycles. The molecule has 2 atom stereocenters. The lowest BCUT2D eigenvalue weighted by Crippen LogP contribution is -2.44. The molecule has 0 aliphatic rings. The van der Waals surface area contributed by atoms with Gasteiger partial charge in [-0.15, -0.1) is 0 Å². The molecule has 0 saturated carbocycles. The molecule has 0 aromatic rings. The van der Waals surface area contributed by atoms with E-state index in [4.69, 9.17) is 18.9 Å². The Morgan fingerprint density at radius 2 is 0.621 bits per heavy atom. The normalized spacial score (nSPS) is 12.8. The minimum Gasteiger partial charge on any atom is -0.545 e. The molecule has 0 aromatic carbocycles. The van der Waals surface area contributed by atoms with Gasteiger partial charge in [-0.25, -0.2) is 0 Å². The van der Waals surface area contributed by atoms with Crippen LogP contribution in [0.2, 0.25) is 0 Å². The first-order chi connectivity index (χ1) is 42.6. The van der Waals surface area contributed by atoms with E-state index in [1.54, 1.807) is 0 Å². The van der Waals surface area contributed by atoms with E-state index in [-0.39, 0.29) is 32.2 Å². The van der Waals surface area contributed by atoms with Gasteiger partial charge in [-0.05, 0) is 51.4 Å². The average Bonchev–Trinajstić information content (AvgIpc) is 3.57. The molecule has 0 aliphatic carbocycles. The number of rotatable bonds is 72. The monoisotopic (exact) mass is 1230 g/mol. The molecule has 0 heterocycles. The molecule has 0 radical (unpaired) electrons. The molecule has 512 valence electrons. The topological polar surface area (TPSA) is 111 Å². The second kappa shape index (κ2) is 69.4. The van der Waals surface area contributed by atoms with Crippen molar-refractivity contribution in [2.45, 2.75) is 399 Å². The van der Waals surface area contributed by atoms with Crippen molar-refractivity contribution in [3.63, 3.8) is 0 Å². The highest BCUT2D eigenvalue weighted by Gasteiger charge is 2.22. The zero-order valence-corrected chi connectivity index (χ0v) is 58.7. The van der Waals surface area contributed by atoms with Crippen LogP contribution in [-0.2, 0) is 33.3 Å². The molecule has 9 nitrogen and oxygen atoms in total. The van der Waals surface area contributed by atoms with Gasteiger partial charge in [0.05, 0.1) is 40.3 Å². The molecule has 0 fully saturated rings. The van der Waals surface area contributed by atoms with E-state index < -0.39 is 24.3 Å². The van der Waals surface area contributed by atoms with Crippen LogP contribution in [0.5, 0.6) is 0 Å². The molecule has 0 aliphatic heterocycles. The molecule has 9 heteroatoms. The van der Waals surface area contributed by atoms with Gasteiger partial charge in [0, 0.05) is 12.8 Å². The van der Waals surface area contributed by atoms with E-state index in [0.29, 0.717) is 23.9 Å². The third-order valence-electron chi connectivity index (χ3n) is 17.4. The summed E-state index contributed by atoms with van der Waals surface area (Å²) in [6, 6.07) is 0. The number of carboxylic acid groups (broad SMARTS) is 1. The van der Waals surface area contributed by atoms with E-state index in [0.717, 1.165) is 70.6 Å². The number of aliphatic carboxylic acids is 1. The van der Waals surface area contributed by atoms with Gasteiger partial charge >= 0.3 is 11.9 Å². The van der Waals surface area contributed by atoms with Crippen LogP contribution >= 0.6 is 0 Å². The number of esters is 2. The number of carbonyl (C=O) groups is 3. The molecule has 0 N–H and O–H groups in total. The van der Waals surface area contributed by atoms with Gasteiger partial charge in [0.15, 0.2) is 12.4 Å². The minimum absolute atomic E-state index is 0.146. The first kappa shape index (κ1) is 84.5. The predicted molar refractivity (Wildman–Crippen MR) is 371 cm³/mol. The second-order valence-corrected chi connectivity index (χ2v) is 27.3. The van der Waals surface area contributed by atoms with Crippen LogP contribution in [0.4, 0.5) is 0 Å². The smallest absolute Gasteiger partial charge is 0.306 e. The van der Waals surface area contributed by atoms with Crippen LogP contribution in [0.3, 0.4) is 0 Å². The summed E-state index contributed by atoms with van der Waals surface area (Å²) in [5.41, 5.74) is 0. The maximum Gasteiger partial charge on any atom is 0.306 e. The molecular weight excluding hydrogens is 1080 g/mol. The van der Waals surface area contributed by atoms with Crippen LogP contribution in [0.15, 0.2) is 36.5 Å². The maximum absolute atomic E-state index is 12.9. The quantitative estimate of drug-likeness (QED) is 0.0195. The van der Waals surface area contributed by atoms with E-state index in [1.165, 1.54) is 283 Å². The zero-order valence-electron chi connectivity index (χ0n) is 58.7. The summed E-state index contributed by atoms with van der Waals surface area (Å²) in [6.07, 6.45) is 85.6. The van der Waals surface area contributed by atoms with Crippen LogP contribution in [0.25, 0.3) is 0 Å². The van der Waals surface area contributed by atoms with Gasteiger partial charge in [0.1, 0.15) is 13.2 Å². The van der Waals surface area contributed by atoms with Gasteiger partial charge in [-0.1, -0.05) is 359 Å². The van der Waals surface area contributed by atoms with E-state index in [2.05, 4.69) is 50.3 Å². The number of likely N-dealkylation sites (N-methyl/N-ethyl adjacent to an activating group) is 1. The van der Waals surface area contributed by atoms with E-state index in [1.807, 2.05) is 21.1 Å². The van der Waals surface area contributed by atoms with Crippen LogP contribution in [0.1, 0.15) is 386 Å². The Morgan fingerprint density at radius 1 is 0.345 bits per heavy atom. The van der Waals surface area contributed by atoms with Crippen LogP contribution in [0, 0.1) is 0 Å². The number of allylic oxidation sites excluding steroid dienone is 6. The van der Waals surface area contributed by atoms with Crippen molar-refractivity contribution in [2.75, 3.05) is 47.5 Å². The molecule has 87 heavy (non-hydrogen) atoms. The van der Waals surface area contributed by atoms with Crippen LogP contribution < -0.4 is 5.11 Å². The van der Waals surface area contributed by atoms with Crippen molar-refractivity contribution in [3.05, 3.63) is 36.5 Å². The lowest BCUT2D eigenvalue weighted by Gasteiger charge is -2.26. The Hall–Kier alpha value is -2.49. The fourth-order valence-corrected chi connectivity index (χ4v) is 11.6. The van der Waals surface area contributed by atoms with Crippen molar-refractivity contribution in [3.8, 4) is 0 Å².